The van der Waals surface area contributed by atoms with Gasteiger partial charge in [0.15, 0.2) is 0 Å². The maximum absolute atomic E-state index is 10.7. The van der Waals surface area contributed by atoms with E-state index in [1.165, 1.54) is 0 Å². The van der Waals surface area contributed by atoms with Crippen molar-refractivity contribution >= 4 is 10.8 Å². The van der Waals surface area contributed by atoms with Crippen LogP contribution in [0.2, 0.25) is 0 Å². The van der Waals surface area contributed by atoms with E-state index in [9.17, 15) is 5.11 Å². The molecule has 4 heteroatoms. The first-order chi connectivity index (χ1) is 9.81. The van der Waals surface area contributed by atoms with Crippen LogP contribution in [0.3, 0.4) is 0 Å². The summed E-state index contributed by atoms with van der Waals surface area (Å²) in [6.45, 7) is 0. The van der Waals surface area contributed by atoms with Crippen LogP contribution < -0.4 is 4.74 Å². The smallest absolute Gasteiger partial charge is 0.143 e. The van der Waals surface area contributed by atoms with Crippen LogP contribution in [0.1, 0.15) is 17.2 Å². The second-order valence-electron chi connectivity index (χ2n) is 4.46. The van der Waals surface area contributed by atoms with Gasteiger partial charge in [0.25, 0.3) is 0 Å². The van der Waals surface area contributed by atoms with E-state index in [2.05, 4.69) is 9.97 Å². The predicted molar refractivity (Wildman–Crippen MR) is 76.6 cm³/mol. The molecule has 100 valence electrons. The molecular formula is C16H14N2O2. The zero-order valence-corrected chi connectivity index (χ0v) is 11.0. The lowest BCUT2D eigenvalue weighted by Crippen LogP contribution is -2.03. The van der Waals surface area contributed by atoms with Crippen molar-refractivity contribution in [2.24, 2.45) is 0 Å². The van der Waals surface area contributed by atoms with E-state index in [0.29, 0.717) is 11.3 Å². The number of aromatic nitrogens is 2. The van der Waals surface area contributed by atoms with Gasteiger partial charge in [0.05, 0.1) is 13.3 Å². The second-order valence-corrected chi connectivity index (χ2v) is 4.46. The molecule has 0 amide bonds. The van der Waals surface area contributed by atoms with E-state index in [1.54, 1.807) is 38.0 Å². The Morgan fingerprint density at radius 2 is 1.80 bits per heavy atom. The van der Waals surface area contributed by atoms with Crippen LogP contribution in [0.5, 0.6) is 5.75 Å². The van der Waals surface area contributed by atoms with E-state index >= 15 is 0 Å². The van der Waals surface area contributed by atoms with Crippen LogP contribution in [0.15, 0.2) is 55.1 Å². The molecule has 20 heavy (non-hydrogen) atoms. The van der Waals surface area contributed by atoms with Gasteiger partial charge in [-0.25, -0.2) is 0 Å². The fourth-order valence-corrected chi connectivity index (χ4v) is 2.34. The average molecular weight is 266 g/mol. The highest BCUT2D eigenvalue weighted by Gasteiger charge is 2.17. The van der Waals surface area contributed by atoms with Gasteiger partial charge in [-0.15, -0.1) is 0 Å². The lowest BCUT2D eigenvalue weighted by Gasteiger charge is -2.16. The second kappa shape index (κ2) is 5.27. The Bertz CT molecular complexity index is 738. The third-order valence-corrected chi connectivity index (χ3v) is 3.34. The number of aliphatic hydroxyl groups is 1. The molecule has 2 aromatic heterocycles. The van der Waals surface area contributed by atoms with Gasteiger partial charge in [0.1, 0.15) is 11.9 Å². The molecule has 1 aromatic carbocycles. The molecule has 1 N–H and O–H groups in total. The molecule has 0 aliphatic heterocycles. The summed E-state index contributed by atoms with van der Waals surface area (Å²) in [5, 5.41) is 12.7. The van der Waals surface area contributed by atoms with Gasteiger partial charge >= 0.3 is 0 Å². The molecule has 0 bridgehead atoms. The van der Waals surface area contributed by atoms with Crippen LogP contribution in [0.4, 0.5) is 0 Å². The van der Waals surface area contributed by atoms with E-state index in [1.807, 2.05) is 24.3 Å². The normalized spacial score (nSPS) is 12.3. The Morgan fingerprint density at radius 1 is 1.00 bits per heavy atom. The number of ether oxygens (including phenoxy) is 1. The fraction of sp³-hybridized carbons (Fsp3) is 0.125. The van der Waals surface area contributed by atoms with Crippen LogP contribution in [0.25, 0.3) is 10.8 Å². The fourth-order valence-electron chi connectivity index (χ4n) is 2.34. The van der Waals surface area contributed by atoms with Crippen LogP contribution in [-0.4, -0.2) is 22.2 Å². The van der Waals surface area contributed by atoms with Gasteiger partial charge in [-0.1, -0.05) is 18.2 Å². The number of pyridine rings is 2. The average Bonchev–Trinajstić information content (AvgIpc) is 2.53. The Balaban J connectivity index is 2.15. The first-order valence-electron chi connectivity index (χ1n) is 6.30. The summed E-state index contributed by atoms with van der Waals surface area (Å²) in [5.41, 5.74) is 1.53. The quantitative estimate of drug-likeness (QED) is 0.792. The predicted octanol–water partition coefficient (Wildman–Crippen LogP) is 2.72. The summed E-state index contributed by atoms with van der Waals surface area (Å²) in [6, 6.07) is 9.47. The van der Waals surface area contributed by atoms with Gasteiger partial charge in [-0.2, -0.15) is 0 Å². The number of fused-ring (bicyclic) bond motifs is 1. The highest BCUT2D eigenvalue weighted by atomic mass is 16.5. The lowest BCUT2D eigenvalue weighted by atomic mass is 9.97. The molecular weight excluding hydrogens is 252 g/mol. The maximum Gasteiger partial charge on any atom is 0.143 e. The molecule has 2 heterocycles. The Kier molecular flexibility index (Phi) is 3.31. The first-order valence-corrected chi connectivity index (χ1v) is 6.30. The largest absolute Gasteiger partial charge is 0.495 e. The lowest BCUT2D eigenvalue weighted by molar-refractivity contribution is 0.216. The SMILES string of the molecule is COc1cnccc1C(O)c1cccc2cnccc12. The first kappa shape index (κ1) is 12.6. The van der Waals surface area contributed by atoms with Gasteiger partial charge in [0.2, 0.25) is 0 Å². The van der Waals surface area contributed by atoms with Crippen molar-refractivity contribution < 1.29 is 9.84 Å². The van der Waals surface area contributed by atoms with Crippen LogP contribution >= 0.6 is 0 Å². The van der Waals surface area contributed by atoms with Crippen molar-refractivity contribution in [3.05, 3.63) is 66.2 Å². The standard InChI is InChI=1S/C16H14N2O2/c1-20-15-10-18-8-6-14(15)16(19)13-4-2-3-11-9-17-7-5-12(11)13/h2-10,16,19H,1H3. The summed E-state index contributed by atoms with van der Waals surface area (Å²) >= 11 is 0. The van der Waals surface area contributed by atoms with Gasteiger partial charge in [-0.3, -0.25) is 9.97 Å². The molecule has 0 radical (unpaired) electrons. The minimum atomic E-state index is -0.765. The van der Waals surface area contributed by atoms with Crippen molar-refractivity contribution in [1.29, 1.82) is 0 Å². The maximum atomic E-state index is 10.7. The van der Waals surface area contributed by atoms with E-state index in [4.69, 9.17) is 4.74 Å². The van der Waals surface area contributed by atoms with Crippen molar-refractivity contribution in [2.45, 2.75) is 6.10 Å². The van der Waals surface area contributed by atoms with Gasteiger partial charge < -0.3 is 9.84 Å². The number of aliphatic hydroxyl groups excluding tert-OH is 1. The monoisotopic (exact) mass is 266 g/mol. The van der Waals surface area contributed by atoms with E-state index in [0.717, 1.165) is 16.3 Å². The minimum Gasteiger partial charge on any atom is -0.495 e. The zero-order valence-electron chi connectivity index (χ0n) is 11.0. The molecule has 1 atom stereocenters. The molecule has 0 aliphatic rings. The van der Waals surface area contributed by atoms with Gasteiger partial charge in [0, 0.05) is 29.5 Å². The van der Waals surface area contributed by atoms with Crippen molar-refractivity contribution in [2.75, 3.05) is 7.11 Å². The zero-order chi connectivity index (χ0) is 13.9. The molecule has 0 spiro atoms. The third-order valence-electron chi connectivity index (χ3n) is 3.34. The molecule has 0 saturated heterocycles. The van der Waals surface area contributed by atoms with Crippen molar-refractivity contribution in [3.8, 4) is 5.75 Å². The van der Waals surface area contributed by atoms with E-state index in [-0.39, 0.29) is 0 Å². The Labute approximate surface area is 116 Å². The Morgan fingerprint density at radius 3 is 2.65 bits per heavy atom. The Hall–Kier alpha value is -2.46. The molecule has 3 aromatic rings. The highest BCUT2D eigenvalue weighted by Crippen LogP contribution is 2.32. The summed E-state index contributed by atoms with van der Waals surface area (Å²) in [5.74, 6) is 0.575. The van der Waals surface area contributed by atoms with Crippen LogP contribution in [0, 0.1) is 0 Å². The molecule has 0 aliphatic carbocycles. The number of rotatable bonds is 3. The highest BCUT2D eigenvalue weighted by molar-refractivity contribution is 5.85. The van der Waals surface area contributed by atoms with Crippen LogP contribution in [-0.2, 0) is 0 Å². The number of benzene rings is 1. The number of nitrogens with zero attached hydrogens (tertiary/aromatic N) is 2. The number of hydrogen-bond donors (Lipinski definition) is 1. The topological polar surface area (TPSA) is 55.2 Å². The molecule has 0 saturated carbocycles. The number of hydrogen-bond acceptors (Lipinski definition) is 4. The molecule has 0 fully saturated rings. The van der Waals surface area contributed by atoms with Gasteiger partial charge in [-0.05, 0) is 23.1 Å². The van der Waals surface area contributed by atoms with Crippen molar-refractivity contribution in [3.63, 3.8) is 0 Å². The number of methoxy groups -OCH3 is 1. The minimum absolute atomic E-state index is 0.575. The van der Waals surface area contributed by atoms with Crippen molar-refractivity contribution in [1.82, 2.24) is 9.97 Å². The summed E-state index contributed by atoms with van der Waals surface area (Å²) in [6.07, 6.45) is 6.00. The summed E-state index contributed by atoms with van der Waals surface area (Å²) in [7, 11) is 1.57. The summed E-state index contributed by atoms with van der Waals surface area (Å²) < 4.78 is 5.27. The summed E-state index contributed by atoms with van der Waals surface area (Å²) in [4.78, 5) is 8.11. The third kappa shape index (κ3) is 2.10. The molecule has 3 rings (SSSR count). The van der Waals surface area contributed by atoms with E-state index < -0.39 is 6.10 Å². The molecule has 1 unspecified atom stereocenters. The molecule has 4 nitrogen and oxygen atoms in total.